The summed E-state index contributed by atoms with van der Waals surface area (Å²) in [5.74, 6) is 0. The van der Waals surface area contributed by atoms with Crippen molar-refractivity contribution < 1.29 is 16.8 Å². The Morgan fingerprint density at radius 2 is 1.57 bits per heavy atom. The zero-order chi connectivity index (χ0) is 22.1. The van der Waals surface area contributed by atoms with Crippen LogP contribution in [-0.2, 0) is 32.3 Å². The van der Waals surface area contributed by atoms with Crippen LogP contribution in [0.5, 0.6) is 0 Å². The van der Waals surface area contributed by atoms with Crippen LogP contribution in [0.15, 0.2) is 36.4 Å². The highest BCUT2D eigenvalue weighted by Gasteiger charge is 2.40. The molecule has 2 aliphatic rings. The number of fused-ring (bicyclic) bond motifs is 2. The Balaban J connectivity index is 1.69. The summed E-state index contributed by atoms with van der Waals surface area (Å²) >= 11 is 0. The maximum atomic E-state index is 12.6. The first-order valence-electron chi connectivity index (χ1n) is 9.60. The topological polar surface area (TPSA) is 108 Å². The first-order chi connectivity index (χ1) is 13.7. The normalized spacial score (nSPS) is 18.8. The van der Waals surface area contributed by atoms with Gasteiger partial charge in [-0.2, -0.15) is 16.8 Å². The quantitative estimate of drug-likeness (QED) is 0.664. The van der Waals surface area contributed by atoms with Gasteiger partial charge in [-0.15, -0.1) is 0 Å². The number of rotatable bonds is 3. The lowest BCUT2D eigenvalue weighted by atomic mass is 9.78. The Morgan fingerprint density at radius 3 is 2.23 bits per heavy atom. The molecule has 8 nitrogen and oxygen atoms in total. The van der Waals surface area contributed by atoms with Crippen molar-refractivity contribution in [2.75, 3.05) is 18.5 Å². The van der Waals surface area contributed by atoms with E-state index in [1.165, 1.54) is 4.31 Å². The number of hydrogen-bond donors (Lipinski definition) is 3. The third-order valence-corrected chi connectivity index (χ3v) is 7.95. The molecule has 10 heteroatoms. The van der Waals surface area contributed by atoms with Gasteiger partial charge in [0.1, 0.15) is 0 Å². The molecule has 30 heavy (non-hydrogen) atoms. The Bertz CT molecular complexity index is 1250. The minimum Gasteiger partial charge on any atom is -0.265 e. The molecule has 162 valence electrons. The van der Waals surface area contributed by atoms with Gasteiger partial charge in [0.25, 0.3) is 0 Å². The Labute approximate surface area is 178 Å². The van der Waals surface area contributed by atoms with Crippen LogP contribution in [0, 0.1) is 0 Å². The summed E-state index contributed by atoms with van der Waals surface area (Å²) in [5, 5.41) is 0. The molecule has 0 fully saturated rings. The molecule has 3 N–H and O–H groups in total. The highest BCUT2D eigenvalue weighted by molar-refractivity contribution is 7.94. The lowest BCUT2D eigenvalue weighted by Gasteiger charge is -2.31. The Hall–Kier alpha value is -2.46. The molecule has 0 aliphatic carbocycles. The zero-order valence-electron chi connectivity index (χ0n) is 17.6. The highest BCUT2D eigenvalue weighted by Crippen LogP contribution is 2.44. The molecule has 0 unspecified atom stereocenters. The second-order valence-electron chi connectivity index (χ2n) is 9.39. The van der Waals surface area contributed by atoms with Crippen LogP contribution in [0.3, 0.4) is 0 Å². The zero-order valence-corrected chi connectivity index (χ0v) is 19.2. The van der Waals surface area contributed by atoms with Crippen molar-refractivity contribution in [2.24, 2.45) is 0 Å². The summed E-state index contributed by atoms with van der Waals surface area (Å²) in [7, 11) is -7.22. The van der Waals surface area contributed by atoms with E-state index in [-0.39, 0.29) is 0 Å². The van der Waals surface area contributed by atoms with Crippen LogP contribution >= 0.6 is 0 Å². The molecule has 0 atom stereocenters. The van der Waals surface area contributed by atoms with Gasteiger partial charge in [-0.1, -0.05) is 32.0 Å². The molecule has 2 aliphatic heterocycles. The van der Waals surface area contributed by atoms with Gasteiger partial charge in [0.2, 0.25) is 0 Å². The molecular weight excluding hydrogens is 424 g/mol. The van der Waals surface area contributed by atoms with E-state index in [1.807, 2.05) is 65.0 Å². The lowest BCUT2D eigenvalue weighted by Crippen LogP contribution is -2.44. The molecule has 0 amide bonds. The molecule has 0 saturated carbocycles. The van der Waals surface area contributed by atoms with E-state index in [0.717, 1.165) is 11.1 Å². The smallest absolute Gasteiger partial charge is 0.265 e. The molecular formula is C20H26N4O4S2. The molecule has 2 aromatic rings. The van der Waals surface area contributed by atoms with Crippen molar-refractivity contribution in [3.63, 3.8) is 0 Å². The van der Waals surface area contributed by atoms with Gasteiger partial charge in [-0.3, -0.25) is 14.2 Å². The summed E-state index contributed by atoms with van der Waals surface area (Å²) in [6.07, 6.45) is 0.593. The summed E-state index contributed by atoms with van der Waals surface area (Å²) in [5.41, 5.74) is 3.09. The van der Waals surface area contributed by atoms with Gasteiger partial charge < -0.3 is 0 Å². The van der Waals surface area contributed by atoms with E-state index in [4.69, 9.17) is 0 Å². The van der Waals surface area contributed by atoms with E-state index < -0.39 is 31.4 Å². The fourth-order valence-electron chi connectivity index (χ4n) is 4.21. The highest BCUT2D eigenvalue weighted by atomic mass is 32.2. The van der Waals surface area contributed by atoms with Gasteiger partial charge in [0.15, 0.2) is 0 Å². The molecule has 0 aromatic heterocycles. The molecule has 2 heterocycles. The van der Waals surface area contributed by atoms with Gasteiger partial charge in [-0.25, -0.2) is 4.31 Å². The van der Waals surface area contributed by atoms with Gasteiger partial charge in [0, 0.05) is 5.54 Å². The first kappa shape index (κ1) is 20.8. The van der Waals surface area contributed by atoms with Crippen LogP contribution in [0.1, 0.15) is 45.7 Å². The van der Waals surface area contributed by atoms with Crippen LogP contribution in [0.4, 0.5) is 22.7 Å². The maximum absolute atomic E-state index is 12.6. The van der Waals surface area contributed by atoms with Crippen molar-refractivity contribution in [1.82, 2.24) is 0 Å². The van der Waals surface area contributed by atoms with Gasteiger partial charge >= 0.3 is 20.4 Å². The predicted molar refractivity (Wildman–Crippen MR) is 121 cm³/mol. The Kier molecular flexibility index (Phi) is 4.35. The lowest BCUT2D eigenvalue weighted by molar-refractivity contribution is 0.524. The average Bonchev–Trinajstić information content (AvgIpc) is 3.02. The summed E-state index contributed by atoms with van der Waals surface area (Å²) in [6, 6.07) is 11.1. The molecule has 0 spiro atoms. The molecule has 0 saturated heterocycles. The summed E-state index contributed by atoms with van der Waals surface area (Å²) in [6.45, 7) is 9.62. The number of nitrogens with zero attached hydrogens (tertiary/aromatic N) is 1. The predicted octanol–water partition coefficient (Wildman–Crippen LogP) is 3.56. The largest absolute Gasteiger partial charge is 0.324 e. The summed E-state index contributed by atoms with van der Waals surface area (Å²) < 4.78 is 58.2. The van der Waals surface area contributed by atoms with Crippen molar-refractivity contribution in [3.05, 3.63) is 47.5 Å². The standard InChI is InChI=1S/C20H26N4O4S2/c1-19(2,3)24-17-10-9-13(11-16(17)22-30(24,27)28)12-20(4,5)14-7-6-8-15-18(14)23-29(25,26)21-15/h6-11,21-23H,12H2,1-5H3. The molecule has 0 radical (unpaired) electrons. The fourth-order valence-corrected chi connectivity index (χ4v) is 6.88. The van der Waals surface area contributed by atoms with Crippen molar-refractivity contribution in [1.29, 1.82) is 0 Å². The van der Waals surface area contributed by atoms with Crippen LogP contribution in [-0.4, -0.2) is 22.4 Å². The third kappa shape index (κ3) is 3.47. The van der Waals surface area contributed by atoms with E-state index in [1.54, 1.807) is 6.07 Å². The SMILES string of the molecule is CC(C)(Cc1ccc2c(c1)NS(=O)(=O)N2C(C)(C)C)c1cccc2c1NS(=O)(=O)N2. The average molecular weight is 451 g/mol. The number of hydrogen-bond acceptors (Lipinski definition) is 4. The number of nitrogens with one attached hydrogen (secondary N) is 3. The second-order valence-corrected chi connectivity index (χ2v) is 12.3. The maximum Gasteiger partial charge on any atom is 0.324 e. The minimum atomic E-state index is -3.64. The van der Waals surface area contributed by atoms with Crippen molar-refractivity contribution in [2.45, 2.75) is 52.0 Å². The number of para-hydroxylation sites is 1. The molecule has 0 bridgehead atoms. The minimum absolute atomic E-state index is 0.407. The van der Waals surface area contributed by atoms with E-state index in [9.17, 15) is 16.8 Å². The van der Waals surface area contributed by atoms with Crippen molar-refractivity contribution in [3.8, 4) is 0 Å². The van der Waals surface area contributed by atoms with E-state index in [2.05, 4.69) is 14.2 Å². The Morgan fingerprint density at radius 1 is 0.867 bits per heavy atom. The monoisotopic (exact) mass is 450 g/mol. The number of anilines is 4. The third-order valence-electron chi connectivity index (χ3n) is 5.29. The van der Waals surface area contributed by atoms with E-state index >= 15 is 0 Å². The fraction of sp³-hybridized carbons (Fsp3) is 0.400. The first-order valence-corrected chi connectivity index (χ1v) is 12.5. The van der Waals surface area contributed by atoms with Crippen molar-refractivity contribution >= 4 is 43.2 Å². The second kappa shape index (κ2) is 6.27. The van der Waals surface area contributed by atoms with Crippen LogP contribution < -0.4 is 18.5 Å². The summed E-state index contributed by atoms with van der Waals surface area (Å²) in [4.78, 5) is 0. The van der Waals surface area contributed by atoms with E-state index in [0.29, 0.717) is 29.2 Å². The van der Waals surface area contributed by atoms with Gasteiger partial charge in [-0.05, 0) is 61.9 Å². The van der Waals surface area contributed by atoms with Crippen LogP contribution in [0.25, 0.3) is 0 Å². The van der Waals surface area contributed by atoms with Crippen LogP contribution in [0.2, 0.25) is 0 Å². The molecule has 2 aromatic carbocycles. The molecule has 4 rings (SSSR count). The van der Waals surface area contributed by atoms with Gasteiger partial charge in [0.05, 0.1) is 22.7 Å². The number of benzene rings is 2.